The Morgan fingerprint density at radius 3 is 2.55 bits per heavy atom. The molecule has 0 bridgehead atoms. The third-order valence-electron chi connectivity index (χ3n) is 7.97. The molecule has 0 unspecified atom stereocenters. The second kappa shape index (κ2) is 14.5. The summed E-state index contributed by atoms with van der Waals surface area (Å²) in [6, 6.07) is 21.4. The van der Waals surface area contributed by atoms with Gasteiger partial charge in [-0.15, -0.1) is 0 Å². The van der Waals surface area contributed by atoms with E-state index in [2.05, 4.69) is 10.3 Å². The van der Waals surface area contributed by atoms with Crippen molar-refractivity contribution in [3.05, 3.63) is 89.5 Å². The van der Waals surface area contributed by atoms with E-state index in [1.807, 2.05) is 48.3 Å². The summed E-state index contributed by atoms with van der Waals surface area (Å²) in [5.74, 6) is 0.483. The molecule has 0 aromatic heterocycles. The van der Waals surface area contributed by atoms with Gasteiger partial charge in [-0.1, -0.05) is 55.3 Å². The second-order valence-electron chi connectivity index (χ2n) is 11.1. The van der Waals surface area contributed by atoms with Crippen LogP contribution in [0, 0.1) is 0 Å². The van der Waals surface area contributed by atoms with Crippen LogP contribution in [0.5, 0.6) is 11.5 Å². The average molecular weight is 599 g/mol. The van der Waals surface area contributed by atoms with Gasteiger partial charge in [0.25, 0.3) is 0 Å². The van der Waals surface area contributed by atoms with Gasteiger partial charge >= 0.3 is 6.09 Å². The first kappa shape index (κ1) is 30.6. The van der Waals surface area contributed by atoms with Gasteiger partial charge in [-0.05, 0) is 55.2 Å². The maximum absolute atomic E-state index is 13.2. The van der Waals surface area contributed by atoms with Crippen molar-refractivity contribution >= 4 is 29.4 Å². The quantitative estimate of drug-likeness (QED) is 0.219. The highest BCUT2D eigenvalue weighted by molar-refractivity contribution is 6.03. The van der Waals surface area contributed by atoms with E-state index in [-0.39, 0.29) is 48.7 Å². The number of Topliss-reactive ketones (excluding diaryl/α,β-unsaturated/α-hetero) is 1. The molecule has 2 N–H and O–H groups in total. The summed E-state index contributed by atoms with van der Waals surface area (Å²) in [6.45, 7) is 0.587. The summed E-state index contributed by atoms with van der Waals surface area (Å²) < 4.78 is 11.3. The van der Waals surface area contributed by atoms with Crippen molar-refractivity contribution in [2.45, 2.75) is 57.7 Å². The zero-order valence-electron chi connectivity index (χ0n) is 24.9. The molecule has 1 heterocycles. The number of para-hydroxylation sites is 1. The number of amides is 2. The van der Waals surface area contributed by atoms with Gasteiger partial charge in [-0.25, -0.2) is 9.79 Å². The molecule has 10 nitrogen and oxygen atoms in total. The average Bonchev–Trinajstić information content (AvgIpc) is 3.58. The van der Waals surface area contributed by atoms with Crippen molar-refractivity contribution in [2.75, 3.05) is 20.2 Å². The van der Waals surface area contributed by atoms with Crippen LogP contribution in [0.15, 0.2) is 77.8 Å². The van der Waals surface area contributed by atoms with Crippen LogP contribution in [0.25, 0.3) is 0 Å². The molecule has 3 aromatic carbocycles. The third kappa shape index (κ3) is 7.94. The minimum absolute atomic E-state index is 0.0799. The normalized spacial score (nSPS) is 14.4. The first-order chi connectivity index (χ1) is 21.4. The van der Waals surface area contributed by atoms with Crippen LogP contribution in [-0.2, 0) is 22.7 Å². The predicted molar refractivity (Wildman–Crippen MR) is 166 cm³/mol. The van der Waals surface area contributed by atoms with Crippen LogP contribution >= 0.6 is 0 Å². The molecule has 44 heavy (non-hydrogen) atoms. The molecule has 230 valence electrons. The lowest BCUT2D eigenvalue weighted by Gasteiger charge is -2.30. The number of guanidine groups is 1. The highest BCUT2D eigenvalue weighted by Gasteiger charge is 2.26. The lowest BCUT2D eigenvalue weighted by Crippen LogP contribution is -2.47. The number of phenols is 1. The van der Waals surface area contributed by atoms with Gasteiger partial charge < -0.3 is 24.4 Å². The Bertz CT molecular complexity index is 1500. The standard InChI is InChI=1S/C34H38N4O6/c1-37(26-12-5-6-13-26)32(41)16-9-19-43-27-17-18-29-25(20-27)21-38(22-31(40)28-14-7-8-15-30(28)39)33(35-29)36-34(42)44-23-24-10-3-2-4-11-24/h2-4,7-8,10-11,14-15,17-18,20,26,39H,5-6,9,12-13,16,19,21-23H2,1H3,(H,35,36,42). The van der Waals surface area contributed by atoms with E-state index in [0.29, 0.717) is 36.9 Å². The van der Waals surface area contributed by atoms with E-state index in [1.54, 1.807) is 35.2 Å². The van der Waals surface area contributed by atoms with E-state index in [1.165, 1.54) is 18.9 Å². The molecule has 5 rings (SSSR count). The summed E-state index contributed by atoms with van der Waals surface area (Å²) in [5.41, 5.74) is 2.43. The van der Waals surface area contributed by atoms with Gasteiger partial charge in [0.1, 0.15) is 18.1 Å². The number of aliphatic imine (C=N–C) groups is 1. The van der Waals surface area contributed by atoms with Crippen molar-refractivity contribution in [2.24, 2.45) is 4.99 Å². The molecule has 1 aliphatic heterocycles. The molecular formula is C34H38N4O6. The van der Waals surface area contributed by atoms with Crippen LogP contribution in [0.4, 0.5) is 10.5 Å². The number of nitrogens with zero attached hydrogens (tertiary/aromatic N) is 3. The maximum atomic E-state index is 13.2. The summed E-state index contributed by atoms with van der Waals surface area (Å²) in [5, 5.41) is 12.9. The van der Waals surface area contributed by atoms with Crippen LogP contribution in [-0.4, -0.2) is 64.9 Å². The highest BCUT2D eigenvalue weighted by atomic mass is 16.5. The zero-order chi connectivity index (χ0) is 30.9. The second-order valence-corrected chi connectivity index (χ2v) is 11.1. The molecule has 1 fully saturated rings. The number of hydrogen-bond donors (Lipinski definition) is 2. The smallest absolute Gasteiger partial charge is 0.414 e. The van der Waals surface area contributed by atoms with Gasteiger partial charge in [0, 0.05) is 31.6 Å². The molecule has 0 atom stereocenters. The molecule has 1 aliphatic carbocycles. The molecular weight excluding hydrogens is 560 g/mol. The van der Waals surface area contributed by atoms with Gasteiger partial charge in [-0.3, -0.25) is 14.9 Å². The molecule has 0 saturated heterocycles. The molecule has 10 heteroatoms. The van der Waals surface area contributed by atoms with Gasteiger partial charge in [-0.2, -0.15) is 0 Å². The topological polar surface area (TPSA) is 121 Å². The van der Waals surface area contributed by atoms with Crippen LogP contribution < -0.4 is 10.1 Å². The van der Waals surface area contributed by atoms with E-state index in [9.17, 15) is 19.5 Å². The first-order valence-electron chi connectivity index (χ1n) is 15.0. The molecule has 2 aliphatic rings. The van der Waals surface area contributed by atoms with Crippen LogP contribution in [0.3, 0.4) is 0 Å². The van der Waals surface area contributed by atoms with Crippen molar-refractivity contribution in [1.82, 2.24) is 15.1 Å². The maximum Gasteiger partial charge on any atom is 0.414 e. The van der Waals surface area contributed by atoms with Crippen molar-refractivity contribution in [3.63, 3.8) is 0 Å². The Hall–Kier alpha value is -4.86. The first-order valence-corrected chi connectivity index (χ1v) is 15.0. The number of hydrogen-bond acceptors (Lipinski definition) is 8. The fourth-order valence-electron chi connectivity index (χ4n) is 5.49. The molecule has 1 saturated carbocycles. The number of phenolic OH excluding ortho intramolecular Hbond substituents is 1. The number of fused-ring (bicyclic) bond motifs is 1. The summed E-state index contributed by atoms with van der Waals surface area (Å²) in [4.78, 5) is 46.6. The number of carbonyl (C=O) groups excluding carboxylic acids is 3. The minimum Gasteiger partial charge on any atom is -0.507 e. The monoisotopic (exact) mass is 598 g/mol. The number of ether oxygens (including phenoxy) is 2. The number of rotatable bonds is 11. The molecule has 0 spiro atoms. The van der Waals surface area contributed by atoms with E-state index >= 15 is 0 Å². The number of aromatic hydroxyl groups is 1. The predicted octanol–water partition coefficient (Wildman–Crippen LogP) is 5.56. The Labute approximate surface area is 257 Å². The van der Waals surface area contributed by atoms with Gasteiger partial charge in [0.2, 0.25) is 11.9 Å². The van der Waals surface area contributed by atoms with E-state index in [0.717, 1.165) is 24.0 Å². The zero-order valence-corrected chi connectivity index (χ0v) is 24.9. The SMILES string of the molecule is CN(C(=O)CCCOc1ccc2c(c1)CN(CC(=O)c1ccccc1O)C(NC(=O)OCc1ccccc1)=N2)C1CCCC1. The number of alkyl carbamates (subject to hydrolysis) is 1. The van der Waals surface area contributed by atoms with Gasteiger partial charge in [0.15, 0.2) is 5.78 Å². The Balaban J connectivity index is 1.24. The molecule has 3 aromatic rings. The van der Waals surface area contributed by atoms with Crippen molar-refractivity contribution < 1.29 is 29.0 Å². The molecule has 0 radical (unpaired) electrons. The minimum atomic E-state index is -0.705. The largest absolute Gasteiger partial charge is 0.507 e. The fraction of sp³-hybridized carbons (Fsp3) is 0.353. The van der Waals surface area contributed by atoms with Crippen molar-refractivity contribution in [3.8, 4) is 11.5 Å². The molecule has 2 amide bonds. The lowest BCUT2D eigenvalue weighted by atomic mass is 10.1. The van der Waals surface area contributed by atoms with Gasteiger partial charge in [0.05, 0.1) is 24.4 Å². The lowest BCUT2D eigenvalue weighted by molar-refractivity contribution is -0.132. The van der Waals surface area contributed by atoms with E-state index < -0.39 is 6.09 Å². The Morgan fingerprint density at radius 2 is 1.77 bits per heavy atom. The number of ketones is 1. The fourth-order valence-corrected chi connectivity index (χ4v) is 5.49. The van der Waals surface area contributed by atoms with Crippen molar-refractivity contribution in [1.29, 1.82) is 0 Å². The Kier molecular flexibility index (Phi) is 10.1. The number of nitrogens with one attached hydrogen (secondary N) is 1. The highest BCUT2D eigenvalue weighted by Crippen LogP contribution is 2.30. The summed E-state index contributed by atoms with van der Waals surface area (Å²) in [7, 11) is 1.89. The third-order valence-corrected chi connectivity index (χ3v) is 7.97. The summed E-state index contributed by atoms with van der Waals surface area (Å²) in [6.07, 6.45) is 4.86. The Morgan fingerprint density at radius 1 is 1.02 bits per heavy atom. The number of benzene rings is 3. The summed E-state index contributed by atoms with van der Waals surface area (Å²) >= 11 is 0. The van der Waals surface area contributed by atoms with E-state index in [4.69, 9.17) is 9.47 Å². The van der Waals surface area contributed by atoms with Crippen LogP contribution in [0.2, 0.25) is 0 Å². The number of carbonyl (C=O) groups is 3. The van der Waals surface area contributed by atoms with Crippen LogP contribution in [0.1, 0.15) is 60.0 Å².